The molecule has 0 aromatic heterocycles. The summed E-state index contributed by atoms with van der Waals surface area (Å²) in [5, 5.41) is 9.87. The van der Waals surface area contributed by atoms with Crippen LogP contribution in [0.25, 0.3) is 0 Å². The van der Waals surface area contributed by atoms with Crippen LogP contribution < -0.4 is 4.74 Å². The smallest absolute Gasteiger partial charge is 0.338 e. The normalized spacial score (nSPS) is 12.4. The molecule has 0 aliphatic heterocycles. The van der Waals surface area contributed by atoms with E-state index in [-0.39, 0.29) is 23.7 Å². The lowest BCUT2D eigenvalue weighted by Crippen LogP contribution is -2.25. The van der Waals surface area contributed by atoms with Crippen molar-refractivity contribution in [1.29, 1.82) is 0 Å². The molecule has 0 heterocycles. The number of ether oxygens (including phenoxy) is 2. The summed E-state index contributed by atoms with van der Waals surface area (Å²) < 4.78 is 33.3. The van der Waals surface area contributed by atoms with Gasteiger partial charge in [-0.05, 0) is 42.8 Å². The number of benzene rings is 2. The van der Waals surface area contributed by atoms with Gasteiger partial charge in [-0.25, -0.2) is 13.2 Å². The molecule has 134 valence electrons. The quantitative estimate of drug-likeness (QED) is 0.756. The van der Waals surface area contributed by atoms with Gasteiger partial charge in [-0.1, -0.05) is 18.2 Å². The molecule has 7 heteroatoms. The van der Waals surface area contributed by atoms with Crippen LogP contribution in [0.2, 0.25) is 0 Å². The van der Waals surface area contributed by atoms with Crippen LogP contribution >= 0.6 is 0 Å². The van der Waals surface area contributed by atoms with Crippen molar-refractivity contribution in [1.82, 2.24) is 0 Å². The number of hydrogen-bond acceptors (Lipinski definition) is 6. The molecule has 0 spiro atoms. The Balaban J connectivity index is 1.84. The summed E-state index contributed by atoms with van der Waals surface area (Å²) >= 11 is 0. The molecule has 2 aromatic rings. The zero-order valence-electron chi connectivity index (χ0n) is 14.0. The molecule has 0 saturated heterocycles. The maximum Gasteiger partial charge on any atom is 0.338 e. The maximum absolute atomic E-state index is 11.9. The Morgan fingerprint density at radius 3 is 2.32 bits per heavy atom. The van der Waals surface area contributed by atoms with Crippen molar-refractivity contribution < 1.29 is 27.8 Å². The highest BCUT2D eigenvalue weighted by Crippen LogP contribution is 2.16. The first kappa shape index (κ1) is 19.0. The van der Waals surface area contributed by atoms with E-state index < -0.39 is 21.9 Å². The highest BCUT2D eigenvalue weighted by molar-refractivity contribution is 7.90. The number of aliphatic hydroxyl groups excluding tert-OH is 1. The third kappa shape index (κ3) is 5.58. The number of carbonyl (C=O) groups is 1. The lowest BCUT2D eigenvalue weighted by Gasteiger charge is -2.14. The van der Waals surface area contributed by atoms with E-state index in [0.29, 0.717) is 5.75 Å². The van der Waals surface area contributed by atoms with E-state index in [0.717, 1.165) is 11.8 Å². The molecule has 0 amide bonds. The minimum Gasteiger partial charge on any atom is -0.490 e. The summed E-state index contributed by atoms with van der Waals surface area (Å²) in [6.07, 6.45) is 0.115. The number of hydrogen-bond donors (Lipinski definition) is 1. The lowest BCUT2D eigenvalue weighted by molar-refractivity contribution is 0.0129. The zero-order valence-corrected chi connectivity index (χ0v) is 14.8. The number of esters is 1. The average molecular weight is 364 g/mol. The molecule has 1 unspecified atom stereocenters. The first-order chi connectivity index (χ1) is 11.8. The van der Waals surface area contributed by atoms with Crippen LogP contribution in [0.1, 0.15) is 15.9 Å². The van der Waals surface area contributed by atoms with E-state index in [9.17, 15) is 18.3 Å². The zero-order chi connectivity index (χ0) is 18.4. The molecule has 1 atom stereocenters. The van der Waals surface area contributed by atoms with Crippen molar-refractivity contribution in [3.63, 3.8) is 0 Å². The number of para-hydroxylation sites is 1. The molecule has 0 radical (unpaired) electrons. The van der Waals surface area contributed by atoms with Gasteiger partial charge in [0.15, 0.2) is 9.84 Å². The van der Waals surface area contributed by atoms with Crippen LogP contribution in [0.15, 0.2) is 53.4 Å². The number of aliphatic hydroxyl groups is 1. The second-order valence-corrected chi connectivity index (χ2v) is 7.64. The highest BCUT2D eigenvalue weighted by Gasteiger charge is 2.14. The van der Waals surface area contributed by atoms with E-state index in [1.807, 2.05) is 25.1 Å². The molecular weight excluding hydrogens is 344 g/mol. The van der Waals surface area contributed by atoms with Crippen LogP contribution in [-0.2, 0) is 14.6 Å². The Morgan fingerprint density at radius 2 is 1.72 bits per heavy atom. The summed E-state index contributed by atoms with van der Waals surface area (Å²) in [6.45, 7) is 1.66. The standard InChI is InChI=1S/C18H20O6S/c1-13-5-3-4-6-17(13)23-11-15(19)12-24-18(20)14-7-9-16(10-8-14)25(2,21)22/h3-10,15,19H,11-12H2,1-2H3. The SMILES string of the molecule is Cc1ccccc1OCC(O)COC(=O)c1ccc(S(C)(=O)=O)cc1. The lowest BCUT2D eigenvalue weighted by atomic mass is 10.2. The maximum atomic E-state index is 11.9. The van der Waals surface area contributed by atoms with Gasteiger partial charge >= 0.3 is 5.97 Å². The van der Waals surface area contributed by atoms with Crippen molar-refractivity contribution >= 4 is 15.8 Å². The molecule has 2 rings (SSSR count). The van der Waals surface area contributed by atoms with Gasteiger partial charge in [0, 0.05) is 6.26 Å². The molecular formula is C18H20O6S. The summed E-state index contributed by atoms with van der Waals surface area (Å²) in [5.74, 6) is 0.0132. The molecule has 1 N–H and O–H groups in total. The summed E-state index contributed by atoms with van der Waals surface area (Å²) in [4.78, 5) is 12.0. The van der Waals surface area contributed by atoms with E-state index in [1.165, 1.54) is 24.3 Å². The van der Waals surface area contributed by atoms with Crippen LogP contribution in [0, 0.1) is 6.92 Å². The largest absolute Gasteiger partial charge is 0.490 e. The summed E-state index contributed by atoms with van der Waals surface area (Å²) in [7, 11) is -3.32. The van der Waals surface area contributed by atoms with Gasteiger partial charge in [0.1, 0.15) is 25.1 Å². The van der Waals surface area contributed by atoms with E-state index in [1.54, 1.807) is 6.07 Å². The molecule has 0 saturated carbocycles. The van der Waals surface area contributed by atoms with Gasteiger partial charge in [0.2, 0.25) is 0 Å². The van der Waals surface area contributed by atoms with Crippen molar-refractivity contribution in [3.05, 3.63) is 59.7 Å². The van der Waals surface area contributed by atoms with Gasteiger partial charge in [-0.15, -0.1) is 0 Å². The third-order valence-corrected chi connectivity index (χ3v) is 4.58. The fraction of sp³-hybridized carbons (Fsp3) is 0.278. The van der Waals surface area contributed by atoms with Crippen molar-refractivity contribution in [2.75, 3.05) is 19.5 Å². The fourth-order valence-corrected chi connectivity index (χ4v) is 2.68. The van der Waals surface area contributed by atoms with Crippen LogP contribution in [0.5, 0.6) is 5.75 Å². The molecule has 0 bridgehead atoms. The number of rotatable bonds is 7. The van der Waals surface area contributed by atoms with Gasteiger partial charge in [-0.2, -0.15) is 0 Å². The Kier molecular flexibility index (Phi) is 6.17. The Hall–Kier alpha value is -2.38. The van der Waals surface area contributed by atoms with Crippen LogP contribution in [-0.4, -0.2) is 45.1 Å². The Bertz CT molecular complexity index is 827. The minimum atomic E-state index is -3.32. The molecule has 25 heavy (non-hydrogen) atoms. The molecule has 6 nitrogen and oxygen atoms in total. The van der Waals surface area contributed by atoms with Crippen molar-refractivity contribution in [2.45, 2.75) is 17.9 Å². The average Bonchev–Trinajstić information content (AvgIpc) is 2.58. The van der Waals surface area contributed by atoms with E-state index in [4.69, 9.17) is 9.47 Å². The minimum absolute atomic E-state index is 0.00878. The Morgan fingerprint density at radius 1 is 1.08 bits per heavy atom. The summed E-state index contributed by atoms with van der Waals surface area (Å²) in [6, 6.07) is 12.8. The van der Waals surface area contributed by atoms with Gasteiger partial charge < -0.3 is 14.6 Å². The molecule has 0 fully saturated rings. The van der Waals surface area contributed by atoms with Crippen molar-refractivity contribution in [3.8, 4) is 5.75 Å². The second kappa shape index (κ2) is 8.13. The van der Waals surface area contributed by atoms with Gasteiger partial charge in [0.25, 0.3) is 0 Å². The third-order valence-electron chi connectivity index (χ3n) is 3.45. The van der Waals surface area contributed by atoms with Gasteiger partial charge in [0.05, 0.1) is 10.5 Å². The van der Waals surface area contributed by atoms with E-state index >= 15 is 0 Å². The van der Waals surface area contributed by atoms with Crippen molar-refractivity contribution in [2.24, 2.45) is 0 Å². The predicted molar refractivity (Wildman–Crippen MR) is 92.5 cm³/mol. The van der Waals surface area contributed by atoms with E-state index in [2.05, 4.69) is 0 Å². The fourth-order valence-electron chi connectivity index (χ4n) is 2.05. The monoisotopic (exact) mass is 364 g/mol. The first-order valence-corrected chi connectivity index (χ1v) is 9.50. The van der Waals surface area contributed by atoms with Gasteiger partial charge in [-0.3, -0.25) is 0 Å². The number of aryl methyl sites for hydroxylation is 1. The topological polar surface area (TPSA) is 89.9 Å². The highest BCUT2D eigenvalue weighted by atomic mass is 32.2. The molecule has 0 aliphatic carbocycles. The molecule has 0 aliphatic rings. The number of sulfone groups is 1. The summed E-state index contributed by atoms with van der Waals surface area (Å²) in [5.41, 5.74) is 1.15. The van der Waals surface area contributed by atoms with Crippen LogP contribution in [0.3, 0.4) is 0 Å². The Labute approximate surface area is 146 Å². The van der Waals surface area contributed by atoms with Crippen LogP contribution in [0.4, 0.5) is 0 Å². The molecule has 2 aromatic carbocycles. The number of carbonyl (C=O) groups excluding carboxylic acids is 1. The second-order valence-electron chi connectivity index (χ2n) is 5.63. The first-order valence-electron chi connectivity index (χ1n) is 7.61. The predicted octanol–water partition coefficient (Wildman–Crippen LogP) is 2.00.